The van der Waals surface area contributed by atoms with E-state index in [9.17, 15) is 27.2 Å². The van der Waals surface area contributed by atoms with Crippen molar-refractivity contribution in [2.45, 2.75) is 51.3 Å². The summed E-state index contributed by atoms with van der Waals surface area (Å²) in [5.41, 5.74) is 6.13. The van der Waals surface area contributed by atoms with E-state index < -0.39 is 36.2 Å². The van der Waals surface area contributed by atoms with Gasteiger partial charge in [0, 0.05) is 29.7 Å². The van der Waals surface area contributed by atoms with Gasteiger partial charge in [0.25, 0.3) is 5.91 Å². The molecule has 0 spiro atoms. The first-order valence-electron chi connectivity index (χ1n) is 13.6. The van der Waals surface area contributed by atoms with Gasteiger partial charge in [-0.2, -0.15) is 8.78 Å². The Labute approximate surface area is 238 Å². The number of ether oxygens (including phenoxy) is 2. The van der Waals surface area contributed by atoms with Crippen molar-refractivity contribution in [3.05, 3.63) is 65.1 Å². The van der Waals surface area contributed by atoms with E-state index in [0.717, 1.165) is 31.7 Å². The van der Waals surface area contributed by atoms with Gasteiger partial charge in [-0.05, 0) is 62.8 Å². The molecule has 2 aromatic carbocycles. The summed E-state index contributed by atoms with van der Waals surface area (Å²) in [6.45, 7) is -1.33. The highest BCUT2D eigenvalue weighted by Gasteiger charge is 2.32. The van der Waals surface area contributed by atoms with Gasteiger partial charge in [-0.3, -0.25) is 9.59 Å². The minimum absolute atomic E-state index is 0.0104. The number of oxazole rings is 1. The maximum atomic E-state index is 14.7. The second kappa shape index (κ2) is 12.4. The van der Waals surface area contributed by atoms with Crippen molar-refractivity contribution in [1.29, 1.82) is 0 Å². The Morgan fingerprint density at radius 2 is 1.86 bits per heavy atom. The van der Waals surface area contributed by atoms with Gasteiger partial charge in [-0.15, -0.1) is 0 Å². The van der Waals surface area contributed by atoms with E-state index in [0.29, 0.717) is 24.2 Å². The summed E-state index contributed by atoms with van der Waals surface area (Å²) in [6, 6.07) is 5.17. The zero-order valence-corrected chi connectivity index (χ0v) is 22.7. The Balaban J connectivity index is 1.42. The molecule has 0 saturated heterocycles. The molecule has 2 aliphatic carbocycles. The van der Waals surface area contributed by atoms with Crippen LogP contribution in [-0.4, -0.2) is 36.6 Å². The fraction of sp³-hybridized carbons (Fsp3) is 0.414. The van der Waals surface area contributed by atoms with Gasteiger partial charge in [-0.1, -0.05) is 6.07 Å². The van der Waals surface area contributed by atoms with Gasteiger partial charge < -0.3 is 30.3 Å². The molecule has 0 bridgehead atoms. The van der Waals surface area contributed by atoms with Crippen LogP contribution >= 0.6 is 0 Å². The number of carbonyl (C=O) groups excluding carboxylic acids is 2. The topological polar surface area (TPSA) is 129 Å². The summed E-state index contributed by atoms with van der Waals surface area (Å²) in [4.78, 5) is 30.0. The molecule has 42 heavy (non-hydrogen) atoms. The maximum Gasteiger partial charge on any atom is 0.387 e. The number of amides is 2. The molecule has 0 unspecified atom stereocenters. The predicted molar refractivity (Wildman–Crippen MR) is 142 cm³/mol. The zero-order valence-electron chi connectivity index (χ0n) is 22.7. The second-order valence-corrected chi connectivity index (χ2v) is 10.5. The number of alkyl halides is 2. The standard InChI is InChI=1S/C29H30F4N4O5/c1-14(34)25-24(27(39)36-21(12-35-26(38)16-4-5-16)19-8-7-18(30)11-20(19)31)37-28(42-25)17-6-9-22(41-29(32)33)23(10-17)40-13-15-2-3-15/h6-11,14-16,21,29H,2-5,12-13,34H2,1H3,(H,35,38)(H,36,39)/t14-,21+/m0/s1. The van der Waals surface area contributed by atoms with Gasteiger partial charge in [0.15, 0.2) is 23.0 Å². The van der Waals surface area contributed by atoms with Crippen LogP contribution in [0.4, 0.5) is 17.6 Å². The summed E-state index contributed by atoms with van der Waals surface area (Å²) in [6.07, 6.45) is 3.45. The van der Waals surface area contributed by atoms with Crippen LogP contribution in [0.1, 0.15) is 66.5 Å². The molecule has 1 aromatic heterocycles. The number of hydrogen-bond acceptors (Lipinski definition) is 7. The normalized spacial score (nSPS) is 16.2. The molecule has 2 atom stereocenters. The average Bonchev–Trinajstić information content (AvgIpc) is 3.88. The average molecular weight is 591 g/mol. The third-order valence-electron chi connectivity index (χ3n) is 6.93. The number of carbonyl (C=O) groups is 2. The number of benzene rings is 2. The number of aromatic nitrogens is 1. The van der Waals surface area contributed by atoms with E-state index in [1.165, 1.54) is 24.3 Å². The Bertz CT molecular complexity index is 1460. The Kier molecular flexibility index (Phi) is 8.66. The molecule has 2 saturated carbocycles. The van der Waals surface area contributed by atoms with Crippen LogP contribution in [0.3, 0.4) is 0 Å². The highest BCUT2D eigenvalue weighted by atomic mass is 19.3. The fourth-order valence-corrected chi connectivity index (χ4v) is 4.31. The van der Waals surface area contributed by atoms with Crippen LogP contribution in [0.25, 0.3) is 11.5 Å². The number of hydrogen-bond donors (Lipinski definition) is 3. The summed E-state index contributed by atoms with van der Waals surface area (Å²) in [7, 11) is 0. The van der Waals surface area contributed by atoms with E-state index in [-0.39, 0.29) is 52.8 Å². The van der Waals surface area contributed by atoms with Crippen LogP contribution in [0.5, 0.6) is 11.5 Å². The Hall–Kier alpha value is -4.13. The summed E-state index contributed by atoms with van der Waals surface area (Å²) in [5.74, 6) is -2.64. The summed E-state index contributed by atoms with van der Waals surface area (Å²) in [5, 5.41) is 5.34. The number of nitrogens with zero attached hydrogens (tertiary/aromatic N) is 1. The van der Waals surface area contributed by atoms with E-state index in [1.54, 1.807) is 6.92 Å². The first-order chi connectivity index (χ1) is 20.1. The van der Waals surface area contributed by atoms with Crippen molar-refractivity contribution < 1.29 is 41.0 Å². The SMILES string of the molecule is C[C@H](N)c1oc(-c2ccc(OC(F)F)c(OCC3CC3)c2)nc1C(=O)N[C@H](CNC(=O)C1CC1)c1ccc(F)cc1F. The van der Waals surface area contributed by atoms with Crippen LogP contribution in [0, 0.1) is 23.5 Å². The van der Waals surface area contributed by atoms with E-state index in [4.69, 9.17) is 14.9 Å². The highest BCUT2D eigenvalue weighted by Crippen LogP contribution is 2.37. The molecule has 224 valence electrons. The molecular weight excluding hydrogens is 560 g/mol. The molecular formula is C29H30F4N4O5. The van der Waals surface area contributed by atoms with Crippen molar-refractivity contribution in [2.75, 3.05) is 13.2 Å². The largest absolute Gasteiger partial charge is 0.489 e. The summed E-state index contributed by atoms with van der Waals surface area (Å²) < 4.78 is 70.3. The monoisotopic (exact) mass is 590 g/mol. The maximum absolute atomic E-state index is 14.7. The Morgan fingerprint density at radius 1 is 1.10 bits per heavy atom. The third-order valence-corrected chi connectivity index (χ3v) is 6.93. The van der Waals surface area contributed by atoms with E-state index in [1.807, 2.05) is 0 Å². The first-order valence-corrected chi connectivity index (χ1v) is 13.6. The number of nitrogens with one attached hydrogen (secondary N) is 2. The van der Waals surface area contributed by atoms with E-state index in [2.05, 4.69) is 20.4 Å². The van der Waals surface area contributed by atoms with Gasteiger partial charge in [0.1, 0.15) is 11.6 Å². The van der Waals surface area contributed by atoms with Crippen LogP contribution in [-0.2, 0) is 4.79 Å². The predicted octanol–water partition coefficient (Wildman–Crippen LogP) is 5.03. The van der Waals surface area contributed by atoms with Gasteiger partial charge in [0.2, 0.25) is 11.8 Å². The van der Waals surface area contributed by atoms with Crippen molar-refractivity contribution in [3.8, 4) is 23.0 Å². The quantitative estimate of drug-likeness (QED) is 0.238. The van der Waals surface area contributed by atoms with Crippen LogP contribution in [0.15, 0.2) is 40.8 Å². The minimum Gasteiger partial charge on any atom is -0.489 e. The molecule has 5 rings (SSSR count). The molecule has 3 aromatic rings. The highest BCUT2D eigenvalue weighted by molar-refractivity contribution is 5.94. The molecule has 1 heterocycles. The number of nitrogens with two attached hydrogens (primary N) is 1. The fourth-order valence-electron chi connectivity index (χ4n) is 4.31. The molecule has 9 nitrogen and oxygen atoms in total. The van der Waals surface area contributed by atoms with E-state index >= 15 is 0 Å². The van der Waals surface area contributed by atoms with Crippen molar-refractivity contribution in [2.24, 2.45) is 17.6 Å². The lowest BCUT2D eigenvalue weighted by Gasteiger charge is -2.20. The van der Waals surface area contributed by atoms with Gasteiger partial charge in [0.05, 0.1) is 18.7 Å². The second-order valence-electron chi connectivity index (χ2n) is 10.5. The van der Waals surface area contributed by atoms with Crippen LogP contribution in [0.2, 0.25) is 0 Å². The minimum atomic E-state index is -3.06. The lowest BCUT2D eigenvalue weighted by atomic mass is 10.0. The van der Waals surface area contributed by atoms with Gasteiger partial charge >= 0.3 is 6.61 Å². The molecule has 13 heteroatoms. The number of halogens is 4. The molecule has 0 radical (unpaired) electrons. The lowest BCUT2D eigenvalue weighted by Crippen LogP contribution is -2.39. The lowest BCUT2D eigenvalue weighted by molar-refractivity contribution is -0.122. The van der Waals surface area contributed by atoms with Crippen molar-refractivity contribution >= 4 is 11.8 Å². The molecule has 2 aliphatic rings. The summed E-state index contributed by atoms with van der Waals surface area (Å²) >= 11 is 0. The third kappa shape index (κ3) is 7.19. The zero-order chi connectivity index (χ0) is 30.0. The van der Waals surface area contributed by atoms with Crippen molar-refractivity contribution in [1.82, 2.24) is 15.6 Å². The van der Waals surface area contributed by atoms with Crippen molar-refractivity contribution in [3.63, 3.8) is 0 Å². The van der Waals surface area contributed by atoms with Crippen LogP contribution < -0.4 is 25.8 Å². The first kappa shape index (κ1) is 29.4. The molecule has 2 amide bonds. The Morgan fingerprint density at radius 3 is 2.50 bits per heavy atom. The molecule has 0 aliphatic heterocycles. The smallest absolute Gasteiger partial charge is 0.387 e. The molecule has 4 N–H and O–H groups in total. The number of rotatable bonds is 13. The molecule has 2 fully saturated rings. The van der Waals surface area contributed by atoms with Gasteiger partial charge in [-0.25, -0.2) is 13.8 Å².